The predicted molar refractivity (Wildman–Crippen MR) is 133 cm³/mol. The quantitative estimate of drug-likeness (QED) is 0.607. The second-order valence-electron chi connectivity index (χ2n) is 9.37. The normalized spacial score (nSPS) is 19.2. The number of halogens is 3. The summed E-state index contributed by atoms with van der Waals surface area (Å²) in [7, 11) is 0. The van der Waals surface area contributed by atoms with Crippen LogP contribution in [0.3, 0.4) is 0 Å². The SMILES string of the molecule is NCc1cccc(C(=O)N(CC(=O)N2CCC3CCCCC3C2)c2ccccc2)c1.O=C(O)C(F)(F)F. The van der Waals surface area contributed by atoms with Crippen LogP contribution in [-0.4, -0.2) is 53.6 Å². The summed E-state index contributed by atoms with van der Waals surface area (Å²) >= 11 is 0. The van der Waals surface area contributed by atoms with E-state index in [9.17, 15) is 22.8 Å². The minimum atomic E-state index is -5.08. The third kappa shape index (κ3) is 7.79. The van der Waals surface area contributed by atoms with Gasteiger partial charge in [0, 0.05) is 30.9 Å². The van der Waals surface area contributed by atoms with Crippen LogP contribution in [0, 0.1) is 11.8 Å². The van der Waals surface area contributed by atoms with E-state index in [1.807, 2.05) is 53.4 Å². The maximum Gasteiger partial charge on any atom is 0.490 e. The molecule has 0 bridgehead atoms. The largest absolute Gasteiger partial charge is 0.490 e. The Morgan fingerprint density at radius 3 is 2.24 bits per heavy atom. The summed E-state index contributed by atoms with van der Waals surface area (Å²) in [5.41, 5.74) is 7.95. The van der Waals surface area contributed by atoms with Crippen LogP contribution in [0.1, 0.15) is 48.0 Å². The van der Waals surface area contributed by atoms with Crippen molar-refractivity contribution in [1.29, 1.82) is 0 Å². The lowest BCUT2D eigenvalue weighted by Crippen LogP contribution is -2.49. The van der Waals surface area contributed by atoms with Crippen LogP contribution >= 0.6 is 0 Å². The number of benzene rings is 2. The van der Waals surface area contributed by atoms with Gasteiger partial charge in [-0.2, -0.15) is 13.2 Å². The molecule has 10 heteroatoms. The minimum absolute atomic E-state index is 0.0335. The number of piperidine rings is 1. The van der Waals surface area contributed by atoms with Gasteiger partial charge in [-0.05, 0) is 54.5 Å². The molecule has 0 radical (unpaired) electrons. The molecule has 2 aromatic rings. The lowest BCUT2D eigenvalue weighted by Gasteiger charge is -2.41. The molecule has 2 fully saturated rings. The number of aliphatic carboxylic acids is 1. The highest BCUT2D eigenvalue weighted by Gasteiger charge is 2.38. The Balaban J connectivity index is 0.000000479. The number of likely N-dealkylation sites (tertiary alicyclic amines) is 1. The zero-order chi connectivity index (χ0) is 27.0. The molecule has 2 amide bonds. The molecule has 2 atom stereocenters. The van der Waals surface area contributed by atoms with E-state index in [-0.39, 0.29) is 18.4 Å². The molecule has 0 spiro atoms. The van der Waals surface area contributed by atoms with E-state index in [1.165, 1.54) is 25.7 Å². The van der Waals surface area contributed by atoms with Crippen molar-refractivity contribution in [2.75, 3.05) is 24.5 Å². The molecule has 1 aliphatic carbocycles. The fraction of sp³-hybridized carbons (Fsp3) is 0.444. The molecular formula is C27H32F3N3O4. The summed E-state index contributed by atoms with van der Waals surface area (Å²) in [6.07, 6.45) is 1.14. The van der Waals surface area contributed by atoms with E-state index >= 15 is 0 Å². The van der Waals surface area contributed by atoms with Crippen LogP contribution < -0.4 is 10.6 Å². The number of nitrogens with zero attached hydrogens (tertiary/aromatic N) is 2. The number of carboxylic acid groups (broad SMARTS) is 1. The summed E-state index contributed by atoms with van der Waals surface area (Å²) in [6.45, 7) is 2.08. The van der Waals surface area contributed by atoms with E-state index in [0.29, 0.717) is 18.0 Å². The number of carboxylic acids is 1. The van der Waals surface area contributed by atoms with Crippen LogP contribution in [0.15, 0.2) is 54.6 Å². The van der Waals surface area contributed by atoms with Crippen molar-refractivity contribution in [3.8, 4) is 0 Å². The van der Waals surface area contributed by atoms with Gasteiger partial charge in [0.25, 0.3) is 5.91 Å². The third-order valence-corrected chi connectivity index (χ3v) is 6.90. The molecule has 1 saturated carbocycles. The van der Waals surface area contributed by atoms with Crippen molar-refractivity contribution >= 4 is 23.5 Å². The van der Waals surface area contributed by atoms with E-state index in [2.05, 4.69) is 0 Å². The standard InChI is InChI=1S/C25H31N3O2.C2HF3O2/c26-16-19-7-6-10-21(15-19)25(30)28(23-11-2-1-3-12-23)18-24(29)27-14-13-20-8-4-5-9-22(20)17-27;3-2(4,5)1(6)7/h1-3,6-7,10-12,15,20,22H,4-5,8-9,13-14,16-18,26H2;(H,6,7). The number of para-hydroxylation sites is 1. The van der Waals surface area contributed by atoms with E-state index in [4.69, 9.17) is 15.6 Å². The maximum absolute atomic E-state index is 13.4. The van der Waals surface area contributed by atoms with Crippen molar-refractivity contribution in [2.24, 2.45) is 17.6 Å². The first-order valence-corrected chi connectivity index (χ1v) is 12.3. The van der Waals surface area contributed by atoms with Crippen LogP contribution in [0.5, 0.6) is 0 Å². The maximum atomic E-state index is 13.4. The molecule has 4 rings (SSSR count). The number of carbonyl (C=O) groups excluding carboxylic acids is 2. The molecule has 0 aromatic heterocycles. The van der Waals surface area contributed by atoms with Gasteiger partial charge >= 0.3 is 12.1 Å². The zero-order valence-corrected chi connectivity index (χ0v) is 20.5. The van der Waals surface area contributed by atoms with E-state index in [0.717, 1.165) is 36.7 Å². The molecule has 2 aromatic carbocycles. The van der Waals surface area contributed by atoms with Crippen molar-refractivity contribution < 1.29 is 32.7 Å². The van der Waals surface area contributed by atoms with Crippen molar-refractivity contribution in [3.05, 3.63) is 65.7 Å². The fourth-order valence-corrected chi connectivity index (χ4v) is 4.94. The Hall–Kier alpha value is -3.40. The van der Waals surface area contributed by atoms with Crippen LogP contribution in [-0.2, 0) is 16.1 Å². The predicted octanol–water partition coefficient (Wildman–Crippen LogP) is 4.46. The molecule has 1 aliphatic heterocycles. The van der Waals surface area contributed by atoms with Crippen molar-refractivity contribution in [2.45, 2.75) is 44.8 Å². The molecule has 2 aliphatic rings. The fourth-order valence-electron chi connectivity index (χ4n) is 4.94. The molecule has 200 valence electrons. The average molecular weight is 520 g/mol. The lowest BCUT2D eigenvalue weighted by atomic mass is 9.75. The molecule has 1 saturated heterocycles. The number of carbonyl (C=O) groups is 3. The minimum Gasteiger partial charge on any atom is -0.475 e. The number of alkyl halides is 3. The number of amides is 2. The number of fused-ring (bicyclic) bond motifs is 1. The first-order valence-electron chi connectivity index (χ1n) is 12.3. The Bertz CT molecular complexity index is 1080. The summed E-state index contributed by atoms with van der Waals surface area (Å²) in [5.74, 6) is -1.50. The topological polar surface area (TPSA) is 104 Å². The smallest absolute Gasteiger partial charge is 0.475 e. The van der Waals surface area contributed by atoms with Crippen LogP contribution in [0.2, 0.25) is 0 Å². The van der Waals surface area contributed by atoms with Gasteiger partial charge in [-0.25, -0.2) is 4.79 Å². The first kappa shape index (κ1) is 28.2. The van der Waals surface area contributed by atoms with Gasteiger partial charge in [-0.15, -0.1) is 0 Å². The van der Waals surface area contributed by atoms with Gasteiger partial charge in [0.15, 0.2) is 0 Å². The number of hydrogen-bond acceptors (Lipinski definition) is 4. The molecule has 7 nitrogen and oxygen atoms in total. The Kier molecular flexibility index (Phi) is 9.68. The summed E-state index contributed by atoms with van der Waals surface area (Å²) in [5, 5.41) is 7.12. The summed E-state index contributed by atoms with van der Waals surface area (Å²) < 4.78 is 31.7. The molecule has 2 unspecified atom stereocenters. The van der Waals surface area contributed by atoms with Crippen LogP contribution in [0.4, 0.5) is 18.9 Å². The molecule has 1 heterocycles. The molecule has 3 N–H and O–H groups in total. The highest BCUT2D eigenvalue weighted by atomic mass is 19.4. The third-order valence-electron chi connectivity index (χ3n) is 6.90. The average Bonchev–Trinajstić information content (AvgIpc) is 2.91. The second-order valence-corrected chi connectivity index (χ2v) is 9.37. The highest BCUT2D eigenvalue weighted by Crippen LogP contribution is 2.36. The Morgan fingerprint density at radius 1 is 0.973 bits per heavy atom. The number of anilines is 1. The van der Waals surface area contributed by atoms with Gasteiger partial charge in [0.1, 0.15) is 6.54 Å². The van der Waals surface area contributed by atoms with E-state index < -0.39 is 12.1 Å². The zero-order valence-electron chi connectivity index (χ0n) is 20.5. The lowest BCUT2D eigenvalue weighted by molar-refractivity contribution is -0.192. The Labute approximate surface area is 214 Å². The summed E-state index contributed by atoms with van der Waals surface area (Å²) in [4.78, 5) is 39.1. The van der Waals surface area contributed by atoms with Crippen molar-refractivity contribution in [3.63, 3.8) is 0 Å². The van der Waals surface area contributed by atoms with Gasteiger partial charge in [0.2, 0.25) is 5.91 Å². The van der Waals surface area contributed by atoms with Gasteiger partial charge in [0.05, 0.1) is 0 Å². The second kappa shape index (κ2) is 12.7. The number of hydrogen-bond donors (Lipinski definition) is 2. The Morgan fingerprint density at radius 2 is 1.62 bits per heavy atom. The monoisotopic (exact) mass is 519 g/mol. The summed E-state index contributed by atoms with van der Waals surface area (Å²) in [6, 6.07) is 16.8. The van der Waals surface area contributed by atoms with Crippen molar-refractivity contribution in [1.82, 2.24) is 4.90 Å². The highest BCUT2D eigenvalue weighted by molar-refractivity contribution is 6.08. The molecule has 37 heavy (non-hydrogen) atoms. The van der Waals surface area contributed by atoms with Crippen LogP contribution in [0.25, 0.3) is 0 Å². The van der Waals surface area contributed by atoms with Gasteiger partial charge < -0.3 is 15.7 Å². The van der Waals surface area contributed by atoms with Gasteiger partial charge in [-0.3, -0.25) is 14.5 Å². The first-order chi connectivity index (χ1) is 17.6. The van der Waals surface area contributed by atoms with E-state index in [1.54, 1.807) is 11.0 Å². The van der Waals surface area contributed by atoms with Gasteiger partial charge in [-0.1, -0.05) is 49.6 Å². The molecular weight excluding hydrogens is 487 g/mol. The number of nitrogens with two attached hydrogens (primary N) is 1. The number of rotatable bonds is 5.